The van der Waals surface area contributed by atoms with Gasteiger partial charge in [0.25, 0.3) is 5.91 Å². The average Bonchev–Trinajstić information content (AvgIpc) is 2.41. The van der Waals surface area contributed by atoms with Crippen LogP contribution >= 0.6 is 38.5 Å². The standard InChI is InChI=1S/C13H13BrINO3/c14-9-3-4-11(15)10(6-9)12(17)16-5-1-2-8(7-16)13(18)19/h3-4,6,8H,1-2,5,7H2,(H,18,19). The quantitative estimate of drug-likeness (QED) is 0.723. The van der Waals surface area contributed by atoms with Crippen molar-refractivity contribution in [2.45, 2.75) is 12.8 Å². The summed E-state index contributed by atoms with van der Waals surface area (Å²) in [6, 6.07) is 5.54. The molecule has 2 rings (SSSR count). The lowest BCUT2D eigenvalue weighted by Gasteiger charge is -2.31. The molecule has 1 heterocycles. The zero-order valence-electron chi connectivity index (χ0n) is 10.1. The highest BCUT2D eigenvalue weighted by molar-refractivity contribution is 14.1. The first kappa shape index (κ1) is 14.8. The predicted molar refractivity (Wildman–Crippen MR) is 83.1 cm³/mol. The van der Waals surface area contributed by atoms with Crippen molar-refractivity contribution in [2.24, 2.45) is 5.92 Å². The van der Waals surface area contributed by atoms with E-state index in [1.54, 1.807) is 11.0 Å². The van der Waals surface area contributed by atoms with Gasteiger partial charge in [0.2, 0.25) is 0 Å². The Morgan fingerprint density at radius 1 is 1.42 bits per heavy atom. The van der Waals surface area contributed by atoms with Gasteiger partial charge in [0.1, 0.15) is 0 Å². The lowest BCUT2D eigenvalue weighted by atomic mass is 9.97. The van der Waals surface area contributed by atoms with E-state index >= 15 is 0 Å². The summed E-state index contributed by atoms with van der Waals surface area (Å²) < 4.78 is 1.73. The molecule has 0 radical (unpaired) electrons. The number of benzene rings is 1. The lowest BCUT2D eigenvalue weighted by Crippen LogP contribution is -2.42. The van der Waals surface area contributed by atoms with E-state index in [-0.39, 0.29) is 5.91 Å². The van der Waals surface area contributed by atoms with Crippen molar-refractivity contribution >= 4 is 50.4 Å². The Bertz CT molecular complexity index is 521. The summed E-state index contributed by atoms with van der Waals surface area (Å²) in [4.78, 5) is 25.1. The van der Waals surface area contributed by atoms with Gasteiger partial charge in [-0.1, -0.05) is 15.9 Å². The van der Waals surface area contributed by atoms with Crippen LogP contribution in [-0.4, -0.2) is 35.0 Å². The van der Waals surface area contributed by atoms with E-state index in [1.165, 1.54) is 0 Å². The van der Waals surface area contributed by atoms with Gasteiger partial charge in [-0.3, -0.25) is 9.59 Å². The maximum Gasteiger partial charge on any atom is 0.308 e. The number of carbonyl (C=O) groups excluding carboxylic acids is 1. The third-order valence-electron chi connectivity index (χ3n) is 3.22. The molecule has 1 saturated heterocycles. The fraction of sp³-hybridized carbons (Fsp3) is 0.385. The van der Waals surface area contributed by atoms with Gasteiger partial charge in [0, 0.05) is 21.1 Å². The van der Waals surface area contributed by atoms with Crippen molar-refractivity contribution in [2.75, 3.05) is 13.1 Å². The molecule has 1 fully saturated rings. The average molecular weight is 438 g/mol. The van der Waals surface area contributed by atoms with E-state index in [0.717, 1.165) is 14.5 Å². The van der Waals surface area contributed by atoms with Gasteiger partial charge in [0.05, 0.1) is 11.5 Å². The molecule has 1 unspecified atom stereocenters. The first-order chi connectivity index (χ1) is 8.99. The molecular weight excluding hydrogens is 425 g/mol. The van der Waals surface area contributed by atoms with Crippen LogP contribution in [0.2, 0.25) is 0 Å². The van der Waals surface area contributed by atoms with Crippen LogP contribution in [0.25, 0.3) is 0 Å². The SMILES string of the molecule is O=C(O)C1CCCN(C(=O)c2cc(Br)ccc2I)C1. The monoisotopic (exact) mass is 437 g/mol. The summed E-state index contributed by atoms with van der Waals surface area (Å²) in [6.45, 7) is 0.933. The number of amides is 1. The molecule has 1 aromatic rings. The first-order valence-corrected chi connectivity index (χ1v) is 7.83. The third-order valence-corrected chi connectivity index (χ3v) is 4.65. The zero-order valence-corrected chi connectivity index (χ0v) is 13.8. The van der Waals surface area contributed by atoms with E-state index in [2.05, 4.69) is 38.5 Å². The number of halogens is 2. The highest BCUT2D eigenvalue weighted by atomic mass is 127. The summed E-state index contributed by atoms with van der Waals surface area (Å²) >= 11 is 5.48. The smallest absolute Gasteiger partial charge is 0.308 e. The van der Waals surface area contributed by atoms with Crippen LogP contribution in [0.5, 0.6) is 0 Å². The maximum absolute atomic E-state index is 12.4. The van der Waals surface area contributed by atoms with Gasteiger partial charge < -0.3 is 10.0 Å². The molecule has 6 heteroatoms. The Kier molecular flexibility index (Phi) is 4.83. The number of carbonyl (C=O) groups is 2. The summed E-state index contributed by atoms with van der Waals surface area (Å²) in [6.07, 6.45) is 1.39. The molecule has 102 valence electrons. The topological polar surface area (TPSA) is 57.6 Å². The fourth-order valence-electron chi connectivity index (χ4n) is 2.19. The second-order valence-corrected chi connectivity index (χ2v) is 6.63. The van der Waals surface area contributed by atoms with Crippen LogP contribution in [0, 0.1) is 9.49 Å². The molecule has 0 aliphatic carbocycles. The van der Waals surface area contributed by atoms with Crippen molar-refractivity contribution in [3.8, 4) is 0 Å². The van der Waals surface area contributed by atoms with Crippen molar-refractivity contribution in [3.63, 3.8) is 0 Å². The molecular formula is C13H13BrINO3. The number of hydrogen-bond acceptors (Lipinski definition) is 2. The molecule has 1 aromatic carbocycles. The molecule has 0 bridgehead atoms. The molecule has 19 heavy (non-hydrogen) atoms. The Hall–Kier alpha value is -0.630. The van der Waals surface area contributed by atoms with E-state index < -0.39 is 11.9 Å². The van der Waals surface area contributed by atoms with E-state index in [4.69, 9.17) is 5.11 Å². The van der Waals surface area contributed by atoms with Crippen LogP contribution in [0.4, 0.5) is 0 Å². The van der Waals surface area contributed by atoms with Gasteiger partial charge in [-0.2, -0.15) is 0 Å². The molecule has 1 N–H and O–H groups in total. The number of carboxylic acids is 1. The van der Waals surface area contributed by atoms with Crippen molar-refractivity contribution in [1.82, 2.24) is 4.90 Å². The molecule has 1 aliphatic rings. The molecule has 4 nitrogen and oxygen atoms in total. The number of carboxylic acid groups (broad SMARTS) is 1. The van der Waals surface area contributed by atoms with E-state index in [9.17, 15) is 9.59 Å². The van der Waals surface area contributed by atoms with Crippen LogP contribution < -0.4 is 0 Å². The minimum absolute atomic E-state index is 0.0864. The summed E-state index contributed by atoms with van der Waals surface area (Å²) in [5.41, 5.74) is 0.626. The van der Waals surface area contributed by atoms with Crippen LogP contribution in [0.3, 0.4) is 0 Å². The lowest BCUT2D eigenvalue weighted by molar-refractivity contribution is -0.143. The van der Waals surface area contributed by atoms with Crippen molar-refractivity contribution in [1.29, 1.82) is 0 Å². The largest absolute Gasteiger partial charge is 0.481 e. The first-order valence-electron chi connectivity index (χ1n) is 5.96. The van der Waals surface area contributed by atoms with Gasteiger partial charge in [0.15, 0.2) is 0 Å². The maximum atomic E-state index is 12.4. The second kappa shape index (κ2) is 6.21. The Balaban J connectivity index is 2.19. The number of hydrogen-bond donors (Lipinski definition) is 1. The Morgan fingerprint density at radius 3 is 2.84 bits per heavy atom. The van der Waals surface area contributed by atoms with E-state index in [1.807, 2.05) is 12.1 Å². The van der Waals surface area contributed by atoms with Gasteiger partial charge in [-0.25, -0.2) is 0 Å². The Morgan fingerprint density at radius 2 is 2.16 bits per heavy atom. The van der Waals surface area contributed by atoms with E-state index in [0.29, 0.717) is 25.1 Å². The van der Waals surface area contributed by atoms with Crippen molar-refractivity contribution < 1.29 is 14.7 Å². The van der Waals surface area contributed by atoms with Gasteiger partial charge >= 0.3 is 5.97 Å². The highest BCUT2D eigenvalue weighted by Crippen LogP contribution is 2.23. The number of likely N-dealkylation sites (tertiary alicyclic amines) is 1. The molecule has 1 atom stereocenters. The minimum Gasteiger partial charge on any atom is -0.481 e. The molecule has 0 spiro atoms. The highest BCUT2D eigenvalue weighted by Gasteiger charge is 2.29. The number of aliphatic carboxylic acids is 1. The fourth-order valence-corrected chi connectivity index (χ4v) is 3.12. The summed E-state index contributed by atoms with van der Waals surface area (Å²) in [5.74, 6) is -1.35. The van der Waals surface area contributed by atoms with Gasteiger partial charge in [-0.15, -0.1) is 0 Å². The summed E-state index contributed by atoms with van der Waals surface area (Å²) in [5, 5.41) is 9.06. The number of nitrogens with zero attached hydrogens (tertiary/aromatic N) is 1. The van der Waals surface area contributed by atoms with Crippen molar-refractivity contribution in [3.05, 3.63) is 31.8 Å². The Labute approximate surface area is 133 Å². The van der Waals surface area contributed by atoms with Crippen LogP contribution in [0.15, 0.2) is 22.7 Å². The van der Waals surface area contributed by atoms with Crippen LogP contribution in [-0.2, 0) is 4.79 Å². The number of piperidine rings is 1. The molecule has 1 aliphatic heterocycles. The third kappa shape index (κ3) is 3.47. The van der Waals surface area contributed by atoms with Gasteiger partial charge in [-0.05, 0) is 53.6 Å². The molecule has 0 saturated carbocycles. The van der Waals surface area contributed by atoms with Crippen LogP contribution in [0.1, 0.15) is 23.2 Å². The number of rotatable bonds is 2. The summed E-state index contributed by atoms with van der Waals surface area (Å²) in [7, 11) is 0. The molecule has 0 aromatic heterocycles. The zero-order chi connectivity index (χ0) is 14.0. The predicted octanol–water partition coefficient (Wildman–Crippen LogP) is 2.99. The molecule has 1 amide bonds. The second-order valence-electron chi connectivity index (χ2n) is 4.55. The normalized spacial score (nSPS) is 19.3. The minimum atomic E-state index is -0.818.